The summed E-state index contributed by atoms with van der Waals surface area (Å²) in [4.78, 5) is 2.51. The minimum atomic E-state index is 0.659. The van der Waals surface area contributed by atoms with Crippen molar-refractivity contribution in [3.8, 4) is 0 Å². The molecule has 108 valence electrons. The van der Waals surface area contributed by atoms with Gasteiger partial charge in [0, 0.05) is 18.6 Å². The Balaban J connectivity index is 2.59. The van der Waals surface area contributed by atoms with E-state index in [-0.39, 0.29) is 0 Å². The number of hydrogen-bond acceptors (Lipinski definition) is 2. The molecule has 0 saturated heterocycles. The molecule has 0 heterocycles. The van der Waals surface area contributed by atoms with Crippen LogP contribution in [0.15, 0.2) is 0 Å². The van der Waals surface area contributed by atoms with Gasteiger partial charge in [0.05, 0.1) is 0 Å². The predicted octanol–water partition coefficient (Wildman–Crippen LogP) is 3.38. The van der Waals surface area contributed by atoms with Crippen LogP contribution in [0.1, 0.15) is 53.9 Å². The molecule has 0 amide bonds. The van der Waals surface area contributed by atoms with Crippen LogP contribution in [0.2, 0.25) is 0 Å². The lowest BCUT2D eigenvalue weighted by molar-refractivity contribution is 0.121. The van der Waals surface area contributed by atoms with Gasteiger partial charge in [-0.05, 0) is 64.5 Å². The van der Waals surface area contributed by atoms with Crippen molar-refractivity contribution in [1.82, 2.24) is 10.2 Å². The molecule has 0 aromatic carbocycles. The first-order valence-electron chi connectivity index (χ1n) is 7.89. The van der Waals surface area contributed by atoms with Crippen molar-refractivity contribution in [2.75, 3.05) is 20.1 Å². The van der Waals surface area contributed by atoms with Gasteiger partial charge in [0.15, 0.2) is 0 Å². The van der Waals surface area contributed by atoms with Gasteiger partial charge >= 0.3 is 0 Å². The van der Waals surface area contributed by atoms with Crippen LogP contribution < -0.4 is 5.32 Å². The zero-order valence-electron chi connectivity index (χ0n) is 13.4. The first-order chi connectivity index (χ1) is 8.45. The normalized spacial score (nSPS) is 29.5. The third-order valence-corrected chi connectivity index (χ3v) is 4.84. The molecule has 3 atom stereocenters. The topological polar surface area (TPSA) is 15.3 Å². The summed E-state index contributed by atoms with van der Waals surface area (Å²) in [5.74, 6) is 2.61. The van der Waals surface area contributed by atoms with Gasteiger partial charge in [-0.3, -0.25) is 0 Å². The van der Waals surface area contributed by atoms with E-state index >= 15 is 0 Å². The van der Waals surface area contributed by atoms with Crippen molar-refractivity contribution < 1.29 is 0 Å². The molecular formula is C16H34N2. The second kappa shape index (κ2) is 7.49. The van der Waals surface area contributed by atoms with Crippen LogP contribution in [0.4, 0.5) is 0 Å². The average Bonchev–Trinajstić information content (AvgIpc) is 2.31. The molecule has 18 heavy (non-hydrogen) atoms. The summed E-state index contributed by atoms with van der Waals surface area (Å²) < 4.78 is 0. The van der Waals surface area contributed by atoms with E-state index < -0.39 is 0 Å². The highest BCUT2D eigenvalue weighted by atomic mass is 15.1. The summed E-state index contributed by atoms with van der Waals surface area (Å²) in [5, 5.41) is 3.71. The van der Waals surface area contributed by atoms with Crippen molar-refractivity contribution in [2.45, 2.75) is 66.0 Å². The van der Waals surface area contributed by atoms with Crippen LogP contribution in [0.3, 0.4) is 0 Å². The highest BCUT2D eigenvalue weighted by Gasteiger charge is 2.32. The Hall–Kier alpha value is -0.0800. The van der Waals surface area contributed by atoms with Gasteiger partial charge in [-0.1, -0.05) is 20.8 Å². The molecule has 1 aliphatic rings. The third kappa shape index (κ3) is 4.55. The van der Waals surface area contributed by atoms with E-state index in [2.05, 4.69) is 51.9 Å². The predicted molar refractivity (Wildman–Crippen MR) is 80.9 cm³/mol. The molecule has 1 N–H and O–H groups in total. The van der Waals surface area contributed by atoms with Crippen LogP contribution in [0.5, 0.6) is 0 Å². The molecule has 1 saturated carbocycles. The number of nitrogens with one attached hydrogen (secondary N) is 1. The minimum absolute atomic E-state index is 0.659. The second-order valence-corrected chi connectivity index (χ2v) is 6.77. The fourth-order valence-corrected chi connectivity index (χ4v) is 3.22. The lowest BCUT2D eigenvalue weighted by atomic mass is 9.73. The lowest BCUT2D eigenvalue weighted by Gasteiger charge is -2.40. The fraction of sp³-hybridized carbons (Fsp3) is 1.00. The summed E-state index contributed by atoms with van der Waals surface area (Å²) in [6.07, 6.45) is 4.19. The van der Waals surface area contributed by atoms with Gasteiger partial charge < -0.3 is 10.2 Å². The van der Waals surface area contributed by atoms with Gasteiger partial charge in [-0.15, -0.1) is 0 Å². The van der Waals surface area contributed by atoms with Crippen molar-refractivity contribution in [3.63, 3.8) is 0 Å². The first kappa shape index (κ1) is 16.0. The van der Waals surface area contributed by atoms with Crippen LogP contribution >= 0.6 is 0 Å². The highest BCUT2D eigenvalue weighted by molar-refractivity contribution is 4.87. The molecule has 2 nitrogen and oxygen atoms in total. The minimum Gasteiger partial charge on any atom is -0.314 e. The van der Waals surface area contributed by atoms with Gasteiger partial charge in [0.2, 0.25) is 0 Å². The monoisotopic (exact) mass is 254 g/mol. The Labute approximate surface area is 115 Å². The molecule has 0 radical (unpaired) electrons. The molecule has 0 aromatic rings. The Morgan fingerprint density at radius 1 is 1.17 bits per heavy atom. The Bertz CT molecular complexity index is 223. The summed E-state index contributed by atoms with van der Waals surface area (Å²) in [7, 11) is 2.27. The largest absolute Gasteiger partial charge is 0.314 e. The van der Waals surface area contributed by atoms with E-state index in [0.29, 0.717) is 6.04 Å². The first-order valence-corrected chi connectivity index (χ1v) is 7.89. The summed E-state index contributed by atoms with van der Waals surface area (Å²) in [6.45, 7) is 14.0. The van der Waals surface area contributed by atoms with E-state index in [1.807, 2.05) is 0 Å². The molecule has 0 spiro atoms. The van der Waals surface area contributed by atoms with E-state index in [9.17, 15) is 0 Å². The number of rotatable bonds is 6. The molecule has 3 unspecified atom stereocenters. The Morgan fingerprint density at radius 3 is 2.33 bits per heavy atom. The summed E-state index contributed by atoms with van der Waals surface area (Å²) in [5.41, 5.74) is 0. The fourth-order valence-electron chi connectivity index (χ4n) is 3.22. The Kier molecular flexibility index (Phi) is 6.65. The van der Waals surface area contributed by atoms with Gasteiger partial charge in [-0.25, -0.2) is 0 Å². The molecule has 0 bridgehead atoms. The van der Waals surface area contributed by atoms with E-state index in [1.54, 1.807) is 0 Å². The van der Waals surface area contributed by atoms with Crippen LogP contribution in [0.25, 0.3) is 0 Å². The molecule has 0 aliphatic heterocycles. The molecule has 1 fully saturated rings. The van der Waals surface area contributed by atoms with E-state index in [4.69, 9.17) is 0 Å². The van der Waals surface area contributed by atoms with Crippen molar-refractivity contribution in [1.29, 1.82) is 0 Å². The zero-order chi connectivity index (χ0) is 13.7. The highest BCUT2D eigenvalue weighted by Crippen LogP contribution is 2.34. The molecule has 1 aliphatic carbocycles. The number of nitrogens with zero attached hydrogens (tertiary/aromatic N) is 1. The Morgan fingerprint density at radius 2 is 1.83 bits per heavy atom. The maximum atomic E-state index is 3.71. The smallest absolute Gasteiger partial charge is 0.0108 e. The van der Waals surface area contributed by atoms with E-state index in [1.165, 1.54) is 25.8 Å². The standard InChI is InChI=1S/C16H34N2/c1-7-17-16-9-8-14(12(2)3)10-15(16)11-18(6)13(4)5/h12-17H,7-11H2,1-6H3. The average molecular weight is 254 g/mol. The maximum absolute atomic E-state index is 3.71. The maximum Gasteiger partial charge on any atom is 0.0108 e. The summed E-state index contributed by atoms with van der Waals surface area (Å²) in [6, 6.07) is 1.40. The lowest BCUT2D eigenvalue weighted by Crippen LogP contribution is -2.46. The molecule has 1 rings (SSSR count). The van der Waals surface area contributed by atoms with Crippen LogP contribution in [0, 0.1) is 17.8 Å². The third-order valence-electron chi connectivity index (χ3n) is 4.84. The number of hydrogen-bond donors (Lipinski definition) is 1. The quantitative estimate of drug-likeness (QED) is 0.782. The van der Waals surface area contributed by atoms with E-state index in [0.717, 1.165) is 30.3 Å². The second-order valence-electron chi connectivity index (χ2n) is 6.77. The zero-order valence-corrected chi connectivity index (χ0v) is 13.4. The van der Waals surface area contributed by atoms with Crippen LogP contribution in [-0.4, -0.2) is 37.1 Å². The summed E-state index contributed by atoms with van der Waals surface area (Å²) >= 11 is 0. The molecule has 0 aromatic heterocycles. The van der Waals surface area contributed by atoms with Crippen LogP contribution in [-0.2, 0) is 0 Å². The van der Waals surface area contributed by atoms with Gasteiger partial charge in [0.1, 0.15) is 0 Å². The molecular weight excluding hydrogens is 220 g/mol. The van der Waals surface area contributed by atoms with Crippen molar-refractivity contribution >= 4 is 0 Å². The van der Waals surface area contributed by atoms with Gasteiger partial charge in [-0.2, -0.15) is 0 Å². The van der Waals surface area contributed by atoms with Crippen molar-refractivity contribution in [3.05, 3.63) is 0 Å². The van der Waals surface area contributed by atoms with Crippen molar-refractivity contribution in [2.24, 2.45) is 17.8 Å². The molecule has 2 heteroatoms. The SMILES string of the molecule is CCNC1CCC(C(C)C)CC1CN(C)C(C)C. The van der Waals surface area contributed by atoms with Gasteiger partial charge in [0.25, 0.3) is 0 Å².